The number of carbonyl (C=O) groups excluding carboxylic acids is 1. The van der Waals surface area contributed by atoms with Crippen LogP contribution < -0.4 is 10.2 Å². The first-order valence-electron chi connectivity index (χ1n) is 7.10. The molecule has 2 N–H and O–H groups in total. The third kappa shape index (κ3) is 2.27. The van der Waals surface area contributed by atoms with Crippen molar-refractivity contribution in [3.05, 3.63) is 23.8 Å². The molecule has 1 aromatic carbocycles. The van der Waals surface area contributed by atoms with Gasteiger partial charge in [-0.2, -0.15) is 0 Å². The van der Waals surface area contributed by atoms with E-state index in [1.807, 2.05) is 18.2 Å². The Morgan fingerprint density at radius 2 is 2.30 bits per heavy atom. The summed E-state index contributed by atoms with van der Waals surface area (Å²) in [5, 5.41) is 12.4. The molecule has 2 aliphatic heterocycles. The van der Waals surface area contributed by atoms with E-state index < -0.39 is 6.10 Å². The molecule has 0 aromatic heterocycles. The molecule has 108 valence electrons. The van der Waals surface area contributed by atoms with Gasteiger partial charge in [-0.3, -0.25) is 4.79 Å². The number of aliphatic hydroxyl groups excluding tert-OH is 1. The van der Waals surface area contributed by atoms with Gasteiger partial charge in [-0.1, -0.05) is 6.07 Å². The van der Waals surface area contributed by atoms with E-state index in [1.165, 1.54) is 19.4 Å². The van der Waals surface area contributed by atoms with Crippen LogP contribution in [0.1, 0.15) is 24.5 Å². The predicted octanol–water partition coefficient (Wildman–Crippen LogP) is 1.20. The van der Waals surface area contributed by atoms with Gasteiger partial charge < -0.3 is 20.2 Å². The zero-order valence-electron chi connectivity index (χ0n) is 12.0. The van der Waals surface area contributed by atoms with Crippen molar-refractivity contribution in [1.29, 1.82) is 0 Å². The van der Waals surface area contributed by atoms with Crippen molar-refractivity contribution in [3.63, 3.8) is 0 Å². The number of likely N-dealkylation sites (N-methyl/N-ethyl adjacent to an activating group) is 2. The molecule has 2 heterocycles. The Labute approximate surface area is 119 Å². The molecule has 0 spiro atoms. The fraction of sp³-hybridized carbons (Fsp3) is 0.533. The van der Waals surface area contributed by atoms with E-state index in [1.54, 1.807) is 0 Å². The standard InChI is InChI=1S/C15H21N3O2/c1-17-7-3-4-11(17)9-18(2)10-5-6-12-13(8-10)16-15(20)14(12)19/h5-6,8,11,14,19H,3-4,7,9H2,1-2H3,(H,16,20). The first-order chi connectivity index (χ1) is 9.56. The summed E-state index contributed by atoms with van der Waals surface area (Å²) in [6, 6.07) is 6.34. The highest BCUT2D eigenvalue weighted by molar-refractivity contribution is 6.02. The number of anilines is 2. The number of rotatable bonds is 3. The number of hydrogen-bond acceptors (Lipinski definition) is 4. The van der Waals surface area contributed by atoms with E-state index in [0.29, 0.717) is 11.6 Å². The quantitative estimate of drug-likeness (QED) is 0.870. The third-order valence-electron chi connectivity index (χ3n) is 4.43. The SMILES string of the molecule is CN(CC1CCCN1C)c1ccc2c(c1)NC(=O)C2O. The minimum atomic E-state index is -1.02. The van der Waals surface area contributed by atoms with Gasteiger partial charge in [-0.05, 0) is 38.6 Å². The van der Waals surface area contributed by atoms with Gasteiger partial charge >= 0.3 is 0 Å². The van der Waals surface area contributed by atoms with Crippen LogP contribution >= 0.6 is 0 Å². The molecule has 2 unspecified atom stereocenters. The van der Waals surface area contributed by atoms with E-state index in [0.717, 1.165) is 17.9 Å². The molecule has 5 heteroatoms. The highest BCUT2D eigenvalue weighted by Gasteiger charge is 2.29. The average molecular weight is 275 g/mol. The third-order valence-corrected chi connectivity index (χ3v) is 4.43. The van der Waals surface area contributed by atoms with Gasteiger partial charge in [0, 0.05) is 36.6 Å². The van der Waals surface area contributed by atoms with Crippen LogP contribution in [0, 0.1) is 0 Å². The summed E-state index contributed by atoms with van der Waals surface area (Å²) in [5.41, 5.74) is 2.47. The van der Waals surface area contributed by atoms with Gasteiger partial charge in [0.25, 0.3) is 5.91 Å². The van der Waals surface area contributed by atoms with Crippen molar-refractivity contribution in [2.45, 2.75) is 25.0 Å². The summed E-state index contributed by atoms with van der Waals surface area (Å²) in [6.07, 6.45) is 1.48. The van der Waals surface area contributed by atoms with Crippen LogP contribution in [0.2, 0.25) is 0 Å². The molecule has 20 heavy (non-hydrogen) atoms. The number of fused-ring (bicyclic) bond motifs is 1. The molecule has 0 bridgehead atoms. The molecule has 0 saturated carbocycles. The van der Waals surface area contributed by atoms with Gasteiger partial charge in [0.2, 0.25) is 0 Å². The van der Waals surface area contributed by atoms with E-state index in [2.05, 4.69) is 29.2 Å². The van der Waals surface area contributed by atoms with E-state index in [9.17, 15) is 9.90 Å². The summed E-state index contributed by atoms with van der Waals surface area (Å²) in [6.45, 7) is 2.15. The Morgan fingerprint density at radius 1 is 1.50 bits per heavy atom. The minimum absolute atomic E-state index is 0.338. The smallest absolute Gasteiger partial charge is 0.257 e. The number of amides is 1. The van der Waals surface area contributed by atoms with Crippen LogP contribution in [0.15, 0.2) is 18.2 Å². The molecule has 1 aromatic rings. The van der Waals surface area contributed by atoms with Gasteiger partial charge in [0.1, 0.15) is 0 Å². The predicted molar refractivity (Wildman–Crippen MR) is 79.0 cm³/mol. The number of hydrogen-bond donors (Lipinski definition) is 2. The summed E-state index contributed by atoms with van der Waals surface area (Å²) in [7, 11) is 4.24. The molecule has 1 saturated heterocycles. The topological polar surface area (TPSA) is 55.8 Å². The number of likely N-dealkylation sites (tertiary alicyclic amines) is 1. The molecular weight excluding hydrogens is 254 g/mol. The number of nitrogens with one attached hydrogen (secondary N) is 1. The monoisotopic (exact) mass is 275 g/mol. The molecule has 3 rings (SSSR count). The lowest BCUT2D eigenvalue weighted by Crippen LogP contribution is -2.36. The Hall–Kier alpha value is -1.59. The second-order valence-corrected chi connectivity index (χ2v) is 5.82. The van der Waals surface area contributed by atoms with Crippen molar-refractivity contribution in [3.8, 4) is 0 Å². The van der Waals surface area contributed by atoms with Crippen LogP contribution in [-0.2, 0) is 4.79 Å². The minimum Gasteiger partial charge on any atom is -0.378 e. The lowest BCUT2D eigenvalue weighted by molar-refractivity contribution is -0.123. The highest BCUT2D eigenvalue weighted by atomic mass is 16.3. The Morgan fingerprint density at radius 3 is 3.00 bits per heavy atom. The number of benzene rings is 1. The molecule has 5 nitrogen and oxygen atoms in total. The first kappa shape index (κ1) is 13.4. The Kier molecular flexibility index (Phi) is 3.40. The Bertz CT molecular complexity index is 532. The van der Waals surface area contributed by atoms with Crippen LogP contribution in [-0.4, -0.2) is 49.1 Å². The number of aliphatic hydroxyl groups is 1. The largest absolute Gasteiger partial charge is 0.378 e. The molecule has 1 fully saturated rings. The average Bonchev–Trinajstić information content (AvgIpc) is 2.95. The maximum Gasteiger partial charge on any atom is 0.257 e. The molecular formula is C15H21N3O2. The van der Waals surface area contributed by atoms with Crippen LogP contribution in [0.5, 0.6) is 0 Å². The molecule has 2 atom stereocenters. The van der Waals surface area contributed by atoms with Crippen molar-refractivity contribution < 1.29 is 9.90 Å². The molecule has 0 aliphatic carbocycles. The normalized spacial score (nSPS) is 25.6. The highest BCUT2D eigenvalue weighted by Crippen LogP contribution is 2.33. The maximum absolute atomic E-state index is 11.5. The van der Waals surface area contributed by atoms with Gasteiger partial charge in [0.15, 0.2) is 6.10 Å². The zero-order valence-corrected chi connectivity index (χ0v) is 12.0. The van der Waals surface area contributed by atoms with E-state index in [-0.39, 0.29) is 5.91 Å². The molecule has 2 aliphatic rings. The number of nitrogens with zero attached hydrogens (tertiary/aromatic N) is 2. The van der Waals surface area contributed by atoms with E-state index >= 15 is 0 Å². The van der Waals surface area contributed by atoms with Crippen LogP contribution in [0.4, 0.5) is 11.4 Å². The van der Waals surface area contributed by atoms with Gasteiger partial charge in [0.05, 0.1) is 0 Å². The fourth-order valence-electron chi connectivity index (χ4n) is 3.10. The second kappa shape index (κ2) is 5.07. The fourth-order valence-corrected chi connectivity index (χ4v) is 3.10. The summed E-state index contributed by atoms with van der Waals surface area (Å²) >= 11 is 0. The summed E-state index contributed by atoms with van der Waals surface area (Å²) in [5.74, 6) is -0.338. The maximum atomic E-state index is 11.5. The molecule has 0 radical (unpaired) electrons. The first-order valence-corrected chi connectivity index (χ1v) is 7.10. The van der Waals surface area contributed by atoms with Crippen molar-refractivity contribution in [1.82, 2.24) is 4.90 Å². The second-order valence-electron chi connectivity index (χ2n) is 5.82. The summed E-state index contributed by atoms with van der Waals surface area (Å²) < 4.78 is 0. The van der Waals surface area contributed by atoms with E-state index in [4.69, 9.17) is 0 Å². The lowest BCUT2D eigenvalue weighted by Gasteiger charge is -2.27. The van der Waals surface area contributed by atoms with Crippen molar-refractivity contribution in [2.24, 2.45) is 0 Å². The zero-order chi connectivity index (χ0) is 14.3. The van der Waals surface area contributed by atoms with Gasteiger partial charge in [-0.25, -0.2) is 0 Å². The van der Waals surface area contributed by atoms with Crippen molar-refractivity contribution >= 4 is 17.3 Å². The van der Waals surface area contributed by atoms with Crippen molar-refractivity contribution in [2.75, 3.05) is 37.4 Å². The molecule has 1 amide bonds. The van der Waals surface area contributed by atoms with Gasteiger partial charge in [-0.15, -0.1) is 0 Å². The summed E-state index contributed by atoms with van der Waals surface area (Å²) in [4.78, 5) is 16.1. The lowest BCUT2D eigenvalue weighted by atomic mass is 10.1. The van der Waals surface area contributed by atoms with Crippen LogP contribution in [0.3, 0.4) is 0 Å². The Balaban J connectivity index is 1.75. The number of carbonyl (C=O) groups is 1. The van der Waals surface area contributed by atoms with Crippen LogP contribution in [0.25, 0.3) is 0 Å².